The molecule has 146 valence electrons. The fourth-order valence-corrected chi connectivity index (χ4v) is 3.11. The molecule has 0 saturated heterocycles. The molecular weight excluding hydrogens is 350 g/mol. The van der Waals surface area contributed by atoms with E-state index in [9.17, 15) is 9.90 Å². The maximum Gasteiger partial charge on any atom is 0.340 e. The molecule has 0 radical (unpaired) electrons. The van der Waals surface area contributed by atoms with Crippen LogP contribution >= 0.6 is 0 Å². The normalized spacial score (nSPS) is 13.1. The summed E-state index contributed by atoms with van der Waals surface area (Å²) in [5.74, 6) is 0.0886. The second-order valence-corrected chi connectivity index (χ2v) is 9.15. The Morgan fingerprint density at radius 1 is 0.964 bits per heavy atom. The first-order valence-electron chi connectivity index (χ1n) is 9.43. The fraction of sp³-hybridized carbons (Fsp3) is 0.333. The zero-order valence-electron chi connectivity index (χ0n) is 17.3. The lowest BCUT2D eigenvalue weighted by molar-refractivity contribution is 0.402. The highest BCUT2D eigenvalue weighted by molar-refractivity contribution is 5.82. The van der Waals surface area contributed by atoms with Gasteiger partial charge in [-0.25, -0.2) is 9.78 Å². The van der Waals surface area contributed by atoms with Gasteiger partial charge < -0.3 is 9.52 Å². The van der Waals surface area contributed by atoms with E-state index in [1.54, 1.807) is 0 Å². The Morgan fingerprint density at radius 2 is 1.61 bits per heavy atom. The summed E-state index contributed by atoms with van der Waals surface area (Å²) in [4.78, 5) is 17.1. The average Bonchev–Trinajstić information content (AvgIpc) is 2.59. The van der Waals surface area contributed by atoms with Crippen LogP contribution in [0.15, 0.2) is 51.7 Å². The molecular formula is C24H27NO3. The molecule has 0 amide bonds. The van der Waals surface area contributed by atoms with Crippen molar-refractivity contribution in [2.45, 2.75) is 52.4 Å². The minimum absolute atomic E-state index is 0.106. The number of nitrogens with zero attached hydrogens (tertiary/aromatic N) is 1. The Hall–Kier alpha value is -2.88. The van der Waals surface area contributed by atoms with Crippen LogP contribution in [0.1, 0.15) is 64.1 Å². The minimum atomic E-state index is -0.429. The summed E-state index contributed by atoms with van der Waals surface area (Å²) in [6.07, 6.45) is 1.54. The van der Waals surface area contributed by atoms with Crippen LogP contribution in [0.4, 0.5) is 0 Å². The van der Waals surface area contributed by atoms with Crippen LogP contribution in [0.2, 0.25) is 0 Å². The Labute approximate surface area is 165 Å². The number of para-hydroxylation sites is 1. The number of aliphatic hydroxyl groups excluding tert-OH is 1. The Bertz CT molecular complexity index is 1110. The van der Waals surface area contributed by atoms with Gasteiger partial charge in [-0.05, 0) is 29.0 Å². The number of hydrogen-bond donors (Lipinski definition) is 1. The van der Waals surface area contributed by atoms with Crippen molar-refractivity contribution in [1.82, 2.24) is 4.98 Å². The molecule has 4 nitrogen and oxygen atoms in total. The number of benzene rings is 1. The predicted octanol–water partition coefficient (Wildman–Crippen LogP) is 5.84. The zero-order valence-corrected chi connectivity index (χ0v) is 17.3. The zero-order chi connectivity index (χ0) is 20.7. The first-order valence-corrected chi connectivity index (χ1v) is 9.43. The molecule has 0 bridgehead atoms. The number of pyridine rings is 1. The largest absolute Gasteiger partial charge is 0.504 e. The molecule has 0 spiro atoms. The summed E-state index contributed by atoms with van der Waals surface area (Å²) < 4.78 is 5.61. The average molecular weight is 377 g/mol. The molecule has 2 heterocycles. The minimum Gasteiger partial charge on any atom is -0.504 e. The van der Waals surface area contributed by atoms with Gasteiger partial charge in [-0.3, -0.25) is 0 Å². The molecule has 3 rings (SSSR count). The molecule has 0 aliphatic heterocycles. The second-order valence-electron chi connectivity index (χ2n) is 9.15. The number of aliphatic hydroxyl groups is 1. The van der Waals surface area contributed by atoms with E-state index in [0.717, 1.165) is 16.5 Å². The van der Waals surface area contributed by atoms with Gasteiger partial charge in [-0.2, -0.15) is 0 Å². The number of rotatable bonds is 2. The SMILES string of the molecule is CC(C)(C)c1cc(C(C)(C)C)c(=O)oc1/C(O)=C/c1ccc2ccccc2n1. The Balaban J connectivity index is 2.16. The van der Waals surface area contributed by atoms with E-state index in [1.807, 2.05) is 84.0 Å². The van der Waals surface area contributed by atoms with E-state index < -0.39 is 5.63 Å². The molecule has 2 aromatic heterocycles. The van der Waals surface area contributed by atoms with E-state index in [0.29, 0.717) is 11.3 Å². The lowest BCUT2D eigenvalue weighted by Crippen LogP contribution is -2.26. The summed E-state index contributed by atoms with van der Waals surface area (Å²) in [6.45, 7) is 12.0. The molecule has 3 aromatic rings. The van der Waals surface area contributed by atoms with Gasteiger partial charge in [-0.15, -0.1) is 0 Å². The van der Waals surface area contributed by atoms with Gasteiger partial charge in [0.05, 0.1) is 11.2 Å². The Morgan fingerprint density at radius 3 is 2.25 bits per heavy atom. The predicted molar refractivity (Wildman–Crippen MR) is 115 cm³/mol. The van der Waals surface area contributed by atoms with Crippen molar-refractivity contribution < 1.29 is 9.52 Å². The highest BCUT2D eigenvalue weighted by Gasteiger charge is 2.28. The first-order chi connectivity index (χ1) is 13.0. The van der Waals surface area contributed by atoms with Crippen molar-refractivity contribution >= 4 is 22.7 Å². The van der Waals surface area contributed by atoms with Crippen LogP contribution < -0.4 is 5.63 Å². The molecule has 0 aliphatic carbocycles. The van der Waals surface area contributed by atoms with E-state index in [4.69, 9.17) is 4.42 Å². The van der Waals surface area contributed by atoms with Crippen LogP contribution in [0.3, 0.4) is 0 Å². The summed E-state index contributed by atoms with van der Waals surface area (Å²) in [7, 11) is 0. The van der Waals surface area contributed by atoms with Crippen molar-refractivity contribution in [3.63, 3.8) is 0 Å². The van der Waals surface area contributed by atoms with Gasteiger partial charge in [0.15, 0.2) is 11.5 Å². The Kier molecular flexibility index (Phi) is 4.92. The van der Waals surface area contributed by atoms with Crippen LogP contribution in [-0.4, -0.2) is 10.1 Å². The third-order valence-electron chi connectivity index (χ3n) is 4.70. The monoisotopic (exact) mass is 377 g/mol. The lowest BCUT2D eigenvalue weighted by Gasteiger charge is -2.25. The standard InChI is InChI=1S/C24H27NO3/c1-23(2,3)17-14-18(24(4,5)6)22(27)28-21(17)20(26)13-16-12-11-15-9-7-8-10-19(15)25-16/h7-14,26H,1-6H3/b20-13-. The molecule has 1 aromatic carbocycles. The quantitative estimate of drug-likeness (QED) is 0.570. The molecule has 1 N–H and O–H groups in total. The van der Waals surface area contributed by atoms with Crippen LogP contribution in [0.25, 0.3) is 22.7 Å². The van der Waals surface area contributed by atoms with Gasteiger partial charge in [0.25, 0.3) is 0 Å². The van der Waals surface area contributed by atoms with Crippen molar-refractivity contribution in [2.75, 3.05) is 0 Å². The third-order valence-corrected chi connectivity index (χ3v) is 4.70. The lowest BCUT2D eigenvalue weighted by atomic mass is 9.81. The maximum atomic E-state index is 12.6. The van der Waals surface area contributed by atoms with Gasteiger partial charge in [0.2, 0.25) is 0 Å². The van der Waals surface area contributed by atoms with Crippen LogP contribution in [-0.2, 0) is 10.8 Å². The molecule has 28 heavy (non-hydrogen) atoms. The highest BCUT2D eigenvalue weighted by Crippen LogP contribution is 2.32. The highest BCUT2D eigenvalue weighted by atomic mass is 16.4. The topological polar surface area (TPSA) is 63.3 Å². The molecule has 0 unspecified atom stereocenters. The summed E-state index contributed by atoms with van der Waals surface area (Å²) >= 11 is 0. The molecule has 0 saturated carbocycles. The molecule has 0 atom stereocenters. The van der Waals surface area contributed by atoms with Gasteiger partial charge in [0, 0.05) is 22.6 Å². The van der Waals surface area contributed by atoms with E-state index in [-0.39, 0.29) is 22.3 Å². The van der Waals surface area contributed by atoms with E-state index >= 15 is 0 Å². The van der Waals surface area contributed by atoms with Crippen LogP contribution in [0.5, 0.6) is 0 Å². The summed E-state index contributed by atoms with van der Waals surface area (Å²) in [5, 5.41) is 11.8. The summed E-state index contributed by atoms with van der Waals surface area (Å²) in [6, 6.07) is 13.4. The smallest absolute Gasteiger partial charge is 0.340 e. The first kappa shape index (κ1) is 19.9. The molecule has 4 heteroatoms. The number of fused-ring (bicyclic) bond motifs is 1. The van der Waals surface area contributed by atoms with Crippen molar-refractivity contribution in [3.8, 4) is 0 Å². The van der Waals surface area contributed by atoms with Crippen molar-refractivity contribution in [1.29, 1.82) is 0 Å². The molecule has 0 fully saturated rings. The van der Waals surface area contributed by atoms with Crippen molar-refractivity contribution in [2.24, 2.45) is 0 Å². The van der Waals surface area contributed by atoms with E-state index in [2.05, 4.69) is 4.98 Å². The van der Waals surface area contributed by atoms with Crippen molar-refractivity contribution in [3.05, 3.63) is 75.5 Å². The summed E-state index contributed by atoms with van der Waals surface area (Å²) in [5.41, 5.74) is 1.72. The second kappa shape index (κ2) is 6.93. The van der Waals surface area contributed by atoms with Gasteiger partial charge in [-0.1, -0.05) is 65.8 Å². The van der Waals surface area contributed by atoms with Gasteiger partial charge >= 0.3 is 5.63 Å². The van der Waals surface area contributed by atoms with Gasteiger partial charge in [0.1, 0.15) is 0 Å². The fourth-order valence-electron chi connectivity index (χ4n) is 3.11. The number of hydrogen-bond acceptors (Lipinski definition) is 4. The number of aromatic nitrogens is 1. The third kappa shape index (κ3) is 4.01. The molecule has 0 aliphatic rings. The maximum absolute atomic E-state index is 12.6. The van der Waals surface area contributed by atoms with Crippen LogP contribution in [0, 0.1) is 0 Å². The van der Waals surface area contributed by atoms with E-state index in [1.165, 1.54) is 6.08 Å².